The van der Waals surface area contributed by atoms with Gasteiger partial charge in [-0.2, -0.15) is 0 Å². The molecule has 2 N–H and O–H groups in total. The summed E-state index contributed by atoms with van der Waals surface area (Å²) in [6.45, 7) is 1.90. The first-order valence-electron chi connectivity index (χ1n) is 8.41. The van der Waals surface area contributed by atoms with Crippen LogP contribution in [0.1, 0.15) is 28.8 Å². The minimum absolute atomic E-state index is 0.109. The molecule has 2 aromatic rings. The van der Waals surface area contributed by atoms with Gasteiger partial charge in [0.15, 0.2) is 0 Å². The average Bonchev–Trinajstić information content (AvgIpc) is 3.15. The molecule has 1 atom stereocenters. The molecule has 1 aromatic heterocycles. The quantitative estimate of drug-likeness (QED) is 0.805. The van der Waals surface area contributed by atoms with E-state index in [1.54, 1.807) is 12.1 Å². The minimum atomic E-state index is -0.242. The molecule has 1 unspecified atom stereocenters. The van der Waals surface area contributed by atoms with Crippen molar-refractivity contribution in [2.45, 2.75) is 25.4 Å². The average molecular weight is 344 g/mol. The molecule has 1 amide bonds. The lowest BCUT2D eigenvalue weighted by Crippen LogP contribution is -2.31. The Morgan fingerprint density at radius 3 is 2.68 bits per heavy atom. The fraction of sp³-hybridized carbons (Fsp3) is 0.389. The predicted octanol–water partition coefficient (Wildman–Crippen LogP) is 2.18. The summed E-state index contributed by atoms with van der Waals surface area (Å²) < 4.78 is 18.3. The zero-order valence-electron chi connectivity index (χ0n) is 13.9. The fourth-order valence-corrected chi connectivity index (χ4v) is 2.62. The molecule has 3 rings (SSSR count). The van der Waals surface area contributed by atoms with Gasteiger partial charge in [-0.25, -0.2) is 14.4 Å². The normalized spacial score (nSPS) is 16.6. The van der Waals surface area contributed by atoms with Crippen LogP contribution in [0.4, 0.5) is 10.3 Å². The van der Waals surface area contributed by atoms with Crippen molar-refractivity contribution in [2.24, 2.45) is 0 Å². The summed E-state index contributed by atoms with van der Waals surface area (Å²) in [6, 6.07) is 6.38. The Labute approximate surface area is 145 Å². The summed E-state index contributed by atoms with van der Waals surface area (Å²) in [6.07, 6.45) is 5.86. The van der Waals surface area contributed by atoms with Crippen molar-refractivity contribution in [3.63, 3.8) is 0 Å². The molecule has 1 saturated heterocycles. The van der Waals surface area contributed by atoms with Gasteiger partial charge < -0.3 is 15.4 Å². The van der Waals surface area contributed by atoms with Crippen LogP contribution < -0.4 is 10.6 Å². The Balaban J connectivity index is 1.43. The molecule has 0 aliphatic carbocycles. The van der Waals surface area contributed by atoms with Gasteiger partial charge in [0.1, 0.15) is 5.82 Å². The van der Waals surface area contributed by atoms with Crippen molar-refractivity contribution in [3.05, 3.63) is 53.6 Å². The third-order valence-corrected chi connectivity index (χ3v) is 4.04. The van der Waals surface area contributed by atoms with Crippen molar-refractivity contribution < 1.29 is 13.9 Å². The second kappa shape index (κ2) is 8.53. The first-order chi connectivity index (χ1) is 12.2. The summed E-state index contributed by atoms with van der Waals surface area (Å²) >= 11 is 0. The number of amides is 1. The van der Waals surface area contributed by atoms with Crippen LogP contribution in [0.5, 0.6) is 0 Å². The van der Waals surface area contributed by atoms with Crippen LogP contribution in [0.15, 0.2) is 36.7 Å². The number of nitrogens with zero attached hydrogens (tertiary/aromatic N) is 2. The molecular formula is C18H21FN4O2. The highest BCUT2D eigenvalue weighted by molar-refractivity contribution is 5.93. The number of rotatable bonds is 7. The molecule has 25 heavy (non-hydrogen) atoms. The van der Waals surface area contributed by atoms with Gasteiger partial charge in [0.05, 0.1) is 11.7 Å². The number of hydrogen-bond donors (Lipinski definition) is 2. The zero-order chi connectivity index (χ0) is 17.5. The van der Waals surface area contributed by atoms with Crippen LogP contribution in [0, 0.1) is 5.82 Å². The van der Waals surface area contributed by atoms with E-state index in [2.05, 4.69) is 20.6 Å². The predicted molar refractivity (Wildman–Crippen MR) is 91.9 cm³/mol. The van der Waals surface area contributed by atoms with Crippen LogP contribution in [0.2, 0.25) is 0 Å². The maximum absolute atomic E-state index is 12.8. The van der Waals surface area contributed by atoms with E-state index in [1.807, 2.05) is 0 Å². The highest BCUT2D eigenvalue weighted by Gasteiger charge is 2.16. The number of carbonyl (C=O) groups excluding carboxylic acids is 1. The topological polar surface area (TPSA) is 76.1 Å². The molecule has 0 saturated carbocycles. The third-order valence-electron chi connectivity index (χ3n) is 4.04. The molecular weight excluding hydrogens is 323 g/mol. The molecule has 2 heterocycles. The van der Waals surface area contributed by atoms with E-state index >= 15 is 0 Å². The van der Waals surface area contributed by atoms with Crippen molar-refractivity contribution >= 4 is 11.9 Å². The van der Waals surface area contributed by atoms with Crippen molar-refractivity contribution in [3.8, 4) is 0 Å². The number of benzene rings is 1. The van der Waals surface area contributed by atoms with Gasteiger partial charge in [0, 0.05) is 32.1 Å². The number of hydrogen-bond acceptors (Lipinski definition) is 5. The molecule has 0 spiro atoms. The number of halogens is 1. The van der Waals surface area contributed by atoms with E-state index < -0.39 is 0 Å². The van der Waals surface area contributed by atoms with E-state index in [9.17, 15) is 9.18 Å². The monoisotopic (exact) mass is 344 g/mol. The van der Waals surface area contributed by atoms with Crippen LogP contribution >= 0.6 is 0 Å². The van der Waals surface area contributed by atoms with Crippen LogP contribution in [-0.4, -0.2) is 41.7 Å². The molecule has 1 aromatic carbocycles. The van der Waals surface area contributed by atoms with E-state index in [1.165, 1.54) is 24.5 Å². The Bertz CT molecular complexity index is 685. The van der Waals surface area contributed by atoms with Crippen molar-refractivity contribution in [1.82, 2.24) is 15.3 Å². The lowest BCUT2D eigenvalue weighted by atomic mass is 10.1. The second-order valence-corrected chi connectivity index (χ2v) is 5.94. The smallest absolute Gasteiger partial charge is 0.254 e. The number of nitrogens with one attached hydrogen (secondary N) is 2. The van der Waals surface area contributed by atoms with Gasteiger partial charge in [0.25, 0.3) is 5.91 Å². The SMILES string of the molecule is O=C(NCC1CCCO1)c1cnc(NCCc2ccc(F)cc2)nc1. The molecule has 1 aliphatic rings. The number of carbonyl (C=O) groups is 1. The molecule has 1 fully saturated rings. The highest BCUT2D eigenvalue weighted by Crippen LogP contribution is 2.11. The standard InChI is InChI=1S/C18H21FN4O2/c19-15-5-3-13(4-6-15)7-8-20-18-22-10-14(11-23-18)17(24)21-12-16-2-1-9-25-16/h3-6,10-11,16H,1-2,7-9,12H2,(H,21,24)(H,20,22,23). The van der Waals surface area contributed by atoms with E-state index in [0.29, 0.717) is 24.6 Å². The maximum atomic E-state index is 12.8. The van der Waals surface area contributed by atoms with Crippen molar-refractivity contribution in [1.29, 1.82) is 0 Å². The molecule has 132 valence electrons. The van der Waals surface area contributed by atoms with E-state index in [4.69, 9.17) is 4.74 Å². The van der Waals surface area contributed by atoms with Crippen LogP contribution in [0.25, 0.3) is 0 Å². The number of anilines is 1. The maximum Gasteiger partial charge on any atom is 0.254 e. The number of ether oxygens (including phenoxy) is 1. The fourth-order valence-electron chi connectivity index (χ4n) is 2.62. The summed E-state index contributed by atoms with van der Waals surface area (Å²) in [5, 5.41) is 5.92. The van der Waals surface area contributed by atoms with Gasteiger partial charge in [-0.05, 0) is 37.0 Å². The summed E-state index contributed by atoms with van der Waals surface area (Å²) in [4.78, 5) is 20.3. The lowest BCUT2D eigenvalue weighted by Gasteiger charge is -2.10. The van der Waals surface area contributed by atoms with Gasteiger partial charge in [-0.3, -0.25) is 4.79 Å². The van der Waals surface area contributed by atoms with Crippen LogP contribution in [0.3, 0.4) is 0 Å². The highest BCUT2D eigenvalue weighted by atomic mass is 19.1. The first-order valence-corrected chi connectivity index (χ1v) is 8.41. The first kappa shape index (κ1) is 17.3. The van der Waals surface area contributed by atoms with Crippen molar-refractivity contribution in [2.75, 3.05) is 25.0 Å². The minimum Gasteiger partial charge on any atom is -0.376 e. The summed E-state index contributed by atoms with van der Waals surface area (Å²) in [5.74, 6) is 0.0135. The molecule has 0 radical (unpaired) electrons. The zero-order valence-corrected chi connectivity index (χ0v) is 13.9. The van der Waals surface area contributed by atoms with Crippen LogP contribution in [-0.2, 0) is 11.2 Å². The molecule has 7 heteroatoms. The van der Waals surface area contributed by atoms with Gasteiger partial charge in [0.2, 0.25) is 5.95 Å². The summed E-state index contributed by atoms with van der Waals surface area (Å²) in [5.41, 5.74) is 1.45. The van der Waals surface area contributed by atoms with E-state index in [0.717, 1.165) is 31.4 Å². The van der Waals surface area contributed by atoms with E-state index in [-0.39, 0.29) is 17.8 Å². The molecule has 0 bridgehead atoms. The summed E-state index contributed by atoms with van der Waals surface area (Å²) in [7, 11) is 0. The Morgan fingerprint density at radius 1 is 1.24 bits per heavy atom. The molecule has 1 aliphatic heterocycles. The lowest BCUT2D eigenvalue weighted by molar-refractivity contribution is 0.0857. The Kier molecular flexibility index (Phi) is 5.90. The van der Waals surface area contributed by atoms with Gasteiger partial charge >= 0.3 is 0 Å². The largest absolute Gasteiger partial charge is 0.376 e. The third kappa shape index (κ3) is 5.22. The molecule has 6 nitrogen and oxygen atoms in total. The Hall–Kier alpha value is -2.54. The Morgan fingerprint density at radius 2 is 2.00 bits per heavy atom. The van der Waals surface area contributed by atoms with Gasteiger partial charge in [-0.1, -0.05) is 12.1 Å². The number of aromatic nitrogens is 2. The second-order valence-electron chi connectivity index (χ2n) is 5.94. The van der Waals surface area contributed by atoms with Gasteiger partial charge in [-0.15, -0.1) is 0 Å².